The summed E-state index contributed by atoms with van der Waals surface area (Å²) in [6.45, 7) is 9.44. The lowest BCUT2D eigenvalue weighted by Gasteiger charge is -2.21. The summed E-state index contributed by atoms with van der Waals surface area (Å²) in [6, 6.07) is 18.5. The number of carboxylic acids is 2. The molecule has 0 atom stereocenters. The zero-order chi connectivity index (χ0) is 57.5. The third-order valence-electron chi connectivity index (χ3n) is 12.5. The first-order valence-electron chi connectivity index (χ1n) is 22.4. The number of carbonyl (C=O) groups is 2. The van der Waals surface area contributed by atoms with E-state index in [-0.39, 0.29) is 71.8 Å². The third-order valence-corrected chi connectivity index (χ3v) is 17.5. The van der Waals surface area contributed by atoms with Gasteiger partial charge in [-0.05, 0) is 123 Å². The largest absolute Gasteiger partial charge is 0.506 e. The molecule has 0 fully saturated rings. The van der Waals surface area contributed by atoms with E-state index in [0.29, 0.717) is 33.5 Å². The summed E-state index contributed by atoms with van der Waals surface area (Å²) in [5.74, 6) is -5.62. The Bertz CT molecular complexity index is 4470. The number of anilines is 4. The average molecular weight is 1180 g/mol. The van der Waals surface area contributed by atoms with E-state index in [0.717, 1.165) is 42.5 Å². The van der Waals surface area contributed by atoms with Crippen molar-refractivity contribution < 1.29 is 77.2 Å². The molecule has 1 heterocycles. The molecule has 0 saturated heterocycles. The van der Waals surface area contributed by atoms with Gasteiger partial charge in [-0.15, -0.1) is 0 Å². The summed E-state index contributed by atoms with van der Waals surface area (Å²) in [7, 11) is -19.8. The molecule has 1 aliphatic heterocycles. The second-order valence-corrected chi connectivity index (χ2v) is 24.8. The molecule has 8 rings (SSSR count). The predicted octanol–water partition coefficient (Wildman–Crippen LogP) is 10.2. The number of hydrogen-bond donors (Lipinski definition) is 9. The van der Waals surface area contributed by atoms with Crippen molar-refractivity contribution >= 4 is 115 Å². The van der Waals surface area contributed by atoms with Gasteiger partial charge in [-0.2, -0.15) is 16.8 Å². The van der Waals surface area contributed by atoms with Crippen molar-refractivity contribution in [3.05, 3.63) is 151 Å². The van der Waals surface area contributed by atoms with Crippen LogP contribution in [0.2, 0.25) is 10.0 Å². The Labute approximate surface area is 455 Å². The highest BCUT2D eigenvalue weighted by Gasteiger charge is 2.31. The number of fused-ring (bicyclic) bond motifs is 2. The summed E-state index contributed by atoms with van der Waals surface area (Å²) in [6.07, 6.45) is 0. The Morgan fingerprint density at radius 1 is 0.551 bits per heavy atom. The van der Waals surface area contributed by atoms with Gasteiger partial charge in [0.15, 0.2) is 11.5 Å². The van der Waals surface area contributed by atoms with Crippen molar-refractivity contribution in [1.29, 1.82) is 0 Å². The van der Waals surface area contributed by atoms with Gasteiger partial charge < -0.3 is 30.2 Å². The molecule has 0 bridgehead atoms. The smallest absolute Gasteiger partial charge is 0.339 e. The first-order valence-corrected chi connectivity index (χ1v) is 29.0. The second-order valence-electron chi connectivity index (χ2n) is 17.9. The molecule has 6 aromatic rings. The fourth-order valence-electron chi connectivity index (χ4n) is 9.03. The maximum absolute atomic E-state index is 13.8. The van der Waals surface area contributed by atoms with E-state index in [1.807, 2.05) is 0 Å². The van der Waals surface area contributed by atoms with Crippen molar-refractivity contribution in [1.82, 2.24) is 0 Å². The van der Waals surface area contributed by atoms with Gasteiger partial charge in [0.2, 0.25) is 0 Å². The van der Waals surface area contributed by atoms with Crippen LogP contribution in [0.4, 0.5) is 28.4 Å². The van der Waals surface area contributed by atoms with E-state index < -0.39 is 99.8 Å². The minimum absolute atomic E-state index is 0.00178. The maximum Gasteiger partial charge on any atom is 0.339 e. The average Bonchev–Trinajstić information content (AvgIpc) is 3.43. The van der Waals surface area contributed by atoms with Crippen LogP contribution in [0.1, 0.15) is 54.1 Å². The molecule has 0 saturated carbocycles. The molecule has 0 aromatic heterocycles. The highest BCUT2D eigenvalue weighted by Crippen LogP contribution is 2.45. The van der Waals surface area contributed by atoms with Gasteiger partial charge in [0.1, 0.15) is 42.1 Å². The number of phenols is 2. The van der Waals surface area contributed by atoms with Crippen molar-refractivity contribution in [2.45, 2.75) is 61.1 Å². The summed E-state index contributed by atoms with van der Waals surface area (Å²) >= 11 is 12.1. The minimum Gasteiger partial charge on any atom is -0.506 e. The van der Waals surface area contributed by atoms with Crippen molar-refractivity contribution in [3.63, 3.8) is 0 Å². The molecule has 1 aliphatic carbocycles. The quantitative estimate of drug-likeness (QED) is 0.0361. The van der Waals surface area contributed by atoms with E-state index in [1.54, 1.807) is 33.8 Å². The maximum atomic E-state index is 13.8. The summed E-state index contributed by atoms with van der Waals surface area (Å²) in [5, 5.41) is 42.9. The number of benzene rings is 7. The number of nitrogens with one attached hydrogen (secondary N) is 3. The molecule has 27 heteroatoms. The SMILES string of the molecule is Cc1cc(C)c(NS(=O)(=O)c2cc(Cl)cc(C(=O)O)c2O)c(C)c1N=c1cc2oc3cc(Nc4c(C)cc(C)c(NS(=O)(=O)c5cc(Cl)cc(C(=O)O)c5O)c4C)ccc3c(-c3ccccc3S(=O)(=O)O)c-2cc1S(=O)(=O)O. The van der Waals surface area contributed by atoms with Crippen LogP contribution in [0.25, 0.3) is 33.4 Å². The second kappa shape index (κ2) is 20.2. The number of nitrogens with zero attached hydrogens (tertiary/aromatic N) is 1. The number of rotatable bonds is 14. The van der Waals surface area contributed by atoms with Crippen LogP contribution in [-0.2, 0) is 40.3 Å². The lowest BCUT2D eigenvalue weighted by atomic mass is 9.93. The van der Waals surface area contributed by atoms with E-state index >= 15 is 0 Å². The standard InChI is InChI=1S/C51H42Cl2N4O17S4/c1-22-13-24(3)46(56-75(64,65)41-17-28(52)15-34(48(41)58)50(60)61)26(5)44(22)54-30-11-12-31-37(19-30)74-38-21-36(40(78(71,72)73)20-33(38)43(31)32-9-7-8-10-39(32)77(68,69)70)55-45-23(2)14-25(4)47(27(45)6)57-76(66,67)42-18-29(53)16-35(49(42)59)51(62)63/h7-21,54,56-59H,1-6H3,(H,60,61)(H,62,63)(H,68,69,70)(H,71,72,73). The minimum atomic E-state index is -5.26. The zero-order valence-corrected chi connectivity index (χ0v) is 45.9. The Hall–Kier alpha value is -7.75. The topological polar surface area (TPSA) is 354 Å². The number of sulfonamides is 2. The molecule has 0 radical (unpaired) electrons. The molecular formula is C51H42Cl2N4O17S4. The van der Waals surface area contributed by atoms with E-state index in [2.05, 4.69) is 19.8 Å². The molecule has 21 nitrogen and oxygen atoms in total. The van der Waals surface area contributed by atoms with Crippen LogP contribution in [0.5, 0.6) is 11.5 Å². The van der Waals surface area contributed by atoms with Gasteiger partial charge in [0.05, 0.1) is 22.4 Å². The molecule has 0 unspecified atom stereocenters. The molecule has 2 aliphatic rings. The Morgan fingerprint density at radius 2 is 1.05 bits per heavy atom. The Morgan fingerprint density at radius 3 is 1.58 bits per heavy atom. The third kappa shape index (κ3) is 10.6. The summed E-state index contributed by atoms with van der Waals surface area (Å²) < 4.78 is 140. The first kappa shape index (κ1) is 56.5. The molecule has 0 spiro atoms. The fraction of sp³-hybridized carbons (Fsp3) is 0.118. The molecule has 78 heavy (non-hydrogen) atoms. The number of aromatic hydroxyl groups is 2. The van der Waals surface area contributed by atoms with Crippen LogP contribution in [0, 0.1) is 41.5 Å². The van der Waals surface area contributed by atoms with Crippen LogP contribution in [0.3, 0.4) is 0 Å². The normalized spacial score (nSPS) is 12.5. The highest BCUT2D eigenvalue weighted by atomic mass is 35.5. The van der Waals surface area contributed by atoms with Gasteiger partial charge in [-0.1, -0.05) is 53.5 Å². The van der Waals surface area contributed by atoms with E-state index in [1.165, 1.54) is 56.3 Å². The van der Waals surface area contributed by atoms with Crippen LogP contribution in [0.15, 0.2) is 120 Å². The lowest BCUT2D eigenvalue weighted by Crippen LogP contribution is -2.17. The molecule has 406 valence electrons. The lowest BCUT2D eigenvalue weighted by molar-refractivity contribution is 0.0681. The number of halogens is 2. The number of carboxylic acid groups (broad SMARTS) is 2. The van der Waals surface area contributed by atoms with Crippen molar-refractivity contribution in [3.8, 4) is 33.9 Å². The summed E-state index contributed by atoms with van der Waals surface area (Å²) in [4.78, 5) is 25.1. The molecule has 9 N–H and O–H groups in total. The van der Waals surface area contributed by atoms with Gasteiger partial charge in [-0.3, -0.25) is 18.5 Å². The van der Waals surface area contributed by atoms with E-state index in [9.17, 15) is 72.8 Å². The first-order chi connectivity index (χ1) is 36.2. The molecule has 0 amide bonds. The van der Waals surface area contributed by atoms with Gasteiger partial charge >= 0.3 is 11.9 Å². The monoisotopic (exact) mass is 1180 g/mol. The van der Waals surface area contributed by atoms with E-state index in [4.69, 9.17) is 27.6 Å². The number of aromatic carboxylic acids is 2. The Kier molecular flexibility index (Phi) is 14.6. The Balaban J connectivity index is 1.33. The van der Waals surface area contributed by atoms with Crippen molar-refractivity contribution in [2.24, 2.45) is 4.99 Å². The molecular weight excluding hydrogens is 1140 g/mol. The molecule has 6 aromatic carbocycles. The van der Waals surface area contributed by atoms with Gasteiger partial charge in [0.25, 0.3) is 40.3 Å². The van der Waals surface area contributed by atoms with Gasteiger partial charge in [-0.25, -0.2) is 31.4 Å². The number of aryl methyl sites for hydroxylation is 4. The van der Waals surface area contributed by atoms with Gasteiger partial charge in [0, 0.05) is 55.6 Å². The zero-order valence-electron chi connectivity index (χ0n) is 41.2. The predicted molar refractivity (Wildman–Crippen MR) is 289 cm³/mol. The van der Waals surface area contributed by atoms with Crippen LogP contribution < -0.4 is 20.1 Å². The number of hydrogen-bond acceptors (Lipinski definition) is 15. The van der Waals surface area contributed by atoms with Crippen LogP contribution >= 0.6 is 23.2 Å². The fourth-order valence-corrected chi connectivity index (χ4v) is 13.6. The van der Waals surface area contributed by atoms with Crippen LogP contribution in [-0.4, -0.2) is 75.1 Å². The van der Waals surface area contributed by atoms with Crippen molar-refractivity contribution in [2.75, 3.05) is 14.8 Å². The highest BCUT2D eigenvalue weighted by molar-refractivity contribution is 7.93. The summed E-state index contributed by atoms with van der Waals surface area (Å²) in [5.41, 5.74) is 0.823.